The van der Waals surface area contributed by atoms with Gasteiger partial charge in [-0.1, -0.05) is 109 Å². The summed E-state index contributed by atoms with van der Waals surface area (Å²) in [7, 11) is 0. The van der Waals surface area contributed by atoms with E-state index in [0.29, 0.717) is 22.5 Å². The Balaban J connectivity index is 1.41. The molecule has 2 aromatic heterocycles. The molecule has 0 atom stereocenters. The Morgan fingerprint density at radius 1 is 0.474 bits per heavy atom. The summed E-state index contributed by atoms with van der Waals surface area (Å²) in [6.45, 7) is 0. The molecule has 38 heavy (non-hydrogen) atoms. The standard InChI is InChI=1S/C33H20ClN3O/c34-25-19-27(30-28(20-25)26-16-7-8-17-29(26)38-30)23-14-9-15-24(18-23)33-36-31(21-10-3-1-4-11-21)35-32(37-33)22-12-5-2-6-13-22/h1-20H. The van der Waals surface area contributed by atoms with Gasteiger partial charge in [0.2, 0.25) is 0 Å². The maximum absolute atomic E-state index is 6.59. The Morgan fingerprint density at radius 2 is 1.03 bits per heavy atom. The number of halogens is 1. The van der Waals surface area contributed by atoms with Gasteiger partial charge in [0.25, 0.3) is 0 Å². The van der Waals surface area contributed by atoms with E-state index in [0.717, 1.165) is 49.8 Å². The smallest absolute Gasteiger partial charge is 0.164 e. The highest BCUT2D eigenvalue weighted by Crippen LogP contribution is 2.39. The number of nitrogens with zero attached hydrogens (tertiary/aromatic N) is 3. The van der Waals surface area contributed by atoms with Gasteiger partial charge in [-0.25, -0.2) is 15.0 Å². The first-order chi connectivity index (χ1) is 18.7. The van der Waals surface area contributed by atoms with Crippen molar-refractivity contribution in [2.24, 2.45) is 0 Å². The molecule has 0 N–H and O–H groups in total. The SMILES string of the molecule is Clc1cc(-c2cccc(-c3nc(-c4ccccc4)nc(-c4ccccc4)n3)c2)c2oc3ccccc3c2c1. The van der Waals surface area contributed by atoms with Crippen molar-refractivity contribution in [1.82, 2.24) is 15.0 Å². The molecular formula is C33H20ClN3O. The maximum atomic E-state index is 6.59. The number of rotatable bonds is 4. The van der Waals surface area contributed by atoms with Crippen LogP contribution in [0.2, 0.25) is 5.02 Å². The molecule has 0 radical (unpaired) electrons. The van der Waals surface area contributed by atoms with Gasteiger partial charge in [0.05, 0.1) is 0 Å². The second-order valence-electron chi connectivity index (χ2n) is 9.05. The van der Waals surface area contributed by atoms with Crippen LogP contribution in [0, 0.1) is 0 Å². The Bertz CT molecular complexity index is 1870. The first-order valence-corrected chi connectivity index (χ1v) is 12.7. The minimum absolute atomic E-state index is 0.599. The quantitative estimate of drug-likeness (QED) is 0.237. The summed E-state index contributed by atoms with van der Waals surface area (Å²) in [5.74, 6) is 1.85. The summed E-state index contributed by atoms with van der Waals surface area (Å²) >= 11 is 6.59. The summed E-state index contributed by atoms with van der Waals surface area (Å²) in [6, 6.07) is 40.0. The van der Waals surface area contributed by atoms with Crippen LogP contribution in [0.25, 0.3) is 67.2 Å². The largest absolute Gasteiger partial charge is 0.455 e. The van der Waals surface area contributed by atoms with E-state index in [9.17, 15) is 0 Å². The maximum Gasteiger partial charge on any atom is 0.164 e. The second kappa shape index (κ2) is 9.25. The molecular weight excluding hydrogens is 490 g/mol. The van der Waals surface area contributed by atoms with E-state index in [1.165, 1.54) is 0 Å². The Labute approximate surface area is 224 Å². The fourth-order valence-electron chi connectivity index (χ4n) is 4.77. The van der Waals surface area contributed by atoms with Crippen molar-refractivity contribution in [3.8, 4) is 45.3 Å². The van der Waals surface area contributed by atoms with E-state index in [1.807, 2.05) is 103 Å². The molecule has 7 rings (SSSR count). The predicted molar refractivity (Wildman–Crippen MR) is 154 cm³/mol. The number of aromatic nitrogens is 3. The number of hydrogen-bond acceptors (Lipinski definition) is 4. The molecule has 0 bridgehead atoms. The van der Waals surface area contributed by atoms with Gasteiger partial charge in [-0.3, -0.25) is 0 Å². The van der Waals surface area contributed by atoms with Gasteiger partial charge < -0.3 is 4.42 Å². The van der Waals surface area contributed by atoms with Crippen molar-refractivity contribution in [2.45, 2.75) is 0 Å². The van der Waals surface area contributed by atoms with Gasteiger partial charge in [-0.05, 0) is 29.8 Å². The van der Waals surface area contributed by atoms with Crippen molar-refractivity contribution < 1.29 is 4.42 Å². The number of benzene rings is 5. The highest BCUT2D eigenvalue weighted by molar-refractivity contribution is 6.32. The molecule has 0 aliphatic rings. The van der Waals surface area contributed by atoms with Crippen molar-refractivity contribution >= 4 is 33.5 Å². The van der Waals surface area contributed by atoms with Crippen molar-refractivity contribution in [3.05, 3.63) is 126 Å². The zero-order valence-electron chi connectivity index (χ0n) is 20.2. The van der Waals surface area contributed by atoms with Crippen LogP contribution >= 0.6 is 11.6 Å². The minimum Gasteiger partial charge on any atom is -0.455 e. The van der Waals surface area contributed by atoms with Crippen LogP contribution in [-0.2, 0) is 0 Å². The molecule has 180 valence electrons. The molecule has 4 nitrogen and oxygen atoms in total. The first kappa shape index (κ1) is 22.4. The predicted octanol–water partition coefficient (Wildman–Crippen LogP) is 9.09. The highest BCUT2D eigenvalue weighted by atomic mass is 35.5. The van der Waals surface area contributed by atoms with E-state index in [2.05, 4.69) is 18.2 Å². The van der Waals surface area contributed by atoms with Crippen LogP contribution in [0.4, 0.5) is 0 Å². The third kappa shape index (κ3) is 4.01. The molecule has 2 heterocycles. The molecule has 0 amide bonds. The fraction of sp³-hybridized carbons (Fsp3) is 0. The number of furan rings is 1. The average molecular weight is 510 g/mol. The topological polar surface area (TPSA) is 51.8 Å². The highest BCUT2D eigenvalue weighted by Gasteiger charge is 2.16. The molecule has 0 unspecified atom stereocenters. The van der Waals surface area contributed by atoms with Crippen molar-refractivity contribution in [1.29, 1.82) is 0 Å². The van der Waals surface area contributed by atoms with Gasteiger partial charge in [-0.15, -0.1) is 0 Å². The molecule has 7 aromatic rings. The molecule has 0 aliphatic heterocycles. The van der Waals surface area contributed by atoms with Crippen LogP contribution in [0.1, 0.15) is 0 Å². The Hall–Kier alpha value is -4.80. The van der Waals surface area contributed by atoms with Gasteiger partial charge in [0.15, 0.2) is 17.5 Å². The molecule has 0 aliphatic carbocycles. The third-order valence-corrected chi connectivity index (χ3v) is 6.79. The van der Waals surface area contributed by atoms with Gasteiger partial charge in [-0.2, -0.15) is 0 Å². The monoisotopic (exact) mass is 509 g/mol. The van der Waals surface area contributed by atoms with E-state index in [1.54, 1.807) is 0 Å². The lowest BCUT2D eigenvalue weighted by Crippen LogP contribution is -2.00. The number of hydrogen-bond donors (Lipinski definition) is 0. The van der Waals surface area contributed by atoms with E-state index in [-0.39, 0.29) is 0 Å². The summed E-state index contributed by atoms with van der Waals surface area (Å²) < 4.78 is 6.29. The normalized spacial score (nSPS) is 11.3. The van der Waals surface area contributed by atoms with Gasteiger partial charge in [0.1, 0.15) is 11.2 Å². The van der Waals surface area contributed by atoms with Crippen LogP contribution in [0.5, 0.6) is 0 Å². The fourth-order valence-corrected chi connectivity index (χ4v) is 4.99. The summed E-state index contributed by atoms with van der Waals surface area (Å²) in [6.07, 6.45) is 0. The molecule has 5 heteroatoms. The number of para-hydroxylation sites is 1. The van der Waals surface area contributed by atoms with Crippen LogP contribution in [0.15, 0.2) is 126 Å². The van der Waals surface area contributed by atoms with Gasteiger partial charge >= 0.3 is 0 Å². The number of fused-ring (bicyclic) bond motifs is 3. The molecule has 5 aromatic carbocycles. The third-order valence-electron chi connectivity index (χ3n) is 6.57. The summed E-state index contributed by atoms with van der Waals surface area (Å²) in [4.78, 5) is 14.6. The van der Waals surface area contributed by atoms with Gasteiger partial charge in [0, 0.05) is 38.0 Å². The lowest BCUT2D eigenvalue weighted by molar-refractivity contribution is 0.670. The summed E-state index contributed by atoms with van der Waals surface area (Å²) in [5.41, 5.74) is 6.27. The molecule has 0 spiro atoms. The lowest BCUT2D eigenvalue weighted by atomic mass is 10.00. The summed E-state index contributed by atoms with van der Waals surface area (Å²) in [5, 5.41) is 2.69. The van der Waals surface area contributed by atoms with Crippen molar-refractivity contribution in [2.75, 3.05) is 0 Å². The lowest BCUT2D eigenvalue weighted by Gasteiger charge is -2.10. The second-order valence-corrected chi connectivity index (χ2v) is 9.48. The van der Waals surface area contributed by atoms with E-state index in [4.69, 9.17) is 31.0 Å². The Morgan fingerprint density at radius 3 is 1.71 bits per heavy atom. The van der Waals surface area contributed by atoms with Crippen LogP contribution < -0.4 is 0 Å². The zero-order valence-corrected chi connectivity index (χ0v) is 20.9. The van der Waals surface area contributed by atoms with Crippen molar-refractivity contribution in [3.63, 3.8) is 0 Å². The molecule has 0 saturated heterocycles. The zero-order chi connectivity index (χ0) is 25.5. The van der Waals surface area contributed by atoms with Crippen LogP contribution in [0.3, 0.4) is 0 Å². The molecule has 0 saturated carbocycles. The Kier molecular flexibility index (Phi) is 5.46. The van der Waals surface area contributed by atoms with E-state index < -0.39 is 0 Å². The van der Waals surface area contributed by atoms with E-state index >= 15 is 0 Å². The first-order valence-electron chi connectivity index (χ1n) is 12.3. The minimum atomic E-state index is 0.599. The van der Waals surface area contributed by atoms with Crippen LogP contribution in [-0.4, -0.2) is 15.0 Å². The average Bonchev–Trinajstić information content (AvgIpc) is 3.36. The molecule has 0 fully saturated rings.